The molecule has 0 aromatic heterocycles. The van der Waals surface area contributed by atoms with Gasteiger partial charge in [0.15, 0.2) is 0 Å². The molecular weight excluding hydrogens is 240 g/mol. The van der Waals surface area contributed by atoms with Gasteiger partial charge in [-0.25, -0.2) is 0 Å². The topological polar surface area (TPSA) is 49.7 Å². The number of para-hydroxylation sites is 1. The summed E-state index contributed by atoms with van der Waals surface area (Å²) in [5.74, 6) is 0.385. The summed E-state index contributed by atoms with van der Waals surface area (Å²) in [6.07, 6.45) is -0.743. The molecule has 2 aromatic carbocycles. The van der Waals surface area contributed by atoms with Crippen LogP contribution >= 0.6 is 0 Å². The number of benzene rings is 2. The van der Waals surface area contributed by atoms with Gasteiger partial charge in [0.2, 0.25) is 0 Å². The van der Waals surface area contributed by atoms with Crippen LogP contribution in [0.3, 0.4) is 0 Å². The highest BCUT2D eigenvalue weighted by Crippen LogP contribution is 2.20. The van der Waals surface area contributed by atoms with E-state index in [1.165, 1.54) is 0 Å². The number of ether oxygens (including phenoxy) is 1. The van der Waals surface area contributed by atoms with E-state index < -0.39 is 6.10 Å². The minimum absolute atomic E-state index is 0.108. The van der Waals surface area contributed by atoms with Crippen LogP contribution in [-0.2, 0) is 0 Å². The molecule has 0 radical (unpaired) electrons. The quantitative estimate of drug-likeness (QED) is 0.835. The summed E-state index contributed by atoms with van der Waals surface area (Å²) in [7, 11) is 0. The molecule has 0 amide bonds. The fourth-order valence-electron chi connectivity index (χ4n) is 1.96. The third-order valence-corrected chi connectivity index (χ3v) is 3.05. The first-order valence-corrected chi connectivity index (χ1v) is 6.33. The zero-order chi connectivity index (χ0) is 13.5. The fraction of sp³-hybridized carbons (Fsp3) is 0.250. The van der Waals surface area contributed by atoms with Crippen molar-refractivity contribution in [3.05, 3.63) is 66.2 Å². The molecule has 0 aliphatic rings. The number of aliphatic hydroxyl groups is 2. The minimum atomic E-state index is -0.743. The van der Waals surface area contributed by atoms with Crippen LogP contribution in [0.15, 0.2) is 60.7 Å². The third-order valence-electron chi connectivity index (χ3n) is 3.05. The largest absolute Gasteiger partial charge is 0.491 e. The highest BCUT2D eigenvalue weighted by atomic mass is 16.5. The average molecular weight is 258 g/mol. The molecule has 0 spiro atoms. The Hall–Kier alpha value is -1.84. The van der Waals surface area contributed by atoms with Gasteiger partial charge in [-0.15, -0.1) is 0 Å². The van der Waals surface area contributed by atoms with Crippen molar-refractivity contribution < 1.29 is 14.9 Å². The van der Waals surface area contributed by atoms with E-state index in [1.807, 2.05) is 60.7 Å². The number of hydrogen-bond donors (Lipinski definition) is 2. The van der Waals surface area contributed by atoms with Crippen molar-refractivity contribution in [1.82, 2.24) is 0 Å². The first kappa shape index (κ1) is 13.6. The first-order valence-electron chi connectivity index (χ1n) is 6.33. The second-order valence-corrected chi connectivity index (χ2v) is 4.39. The second kappa shape index (κ2) is 6.92. The van der Waals surface area contributed by atoms with Gasteiger partial charge < -0.3 is 14.9 Å². The van der Waals surface area contributed by atoms with E-state index in [0.29, 0.717) is 5.75 Å². The van der Waals surface area contributed by atoms with Gasteiger partial charge in [0.05, 0.1) is 12.7 Å². The summed E-state index contributed by atoms with van der Waals surface area (Å²) in [6, 6.07) is 18.8. The predicted octanol–water partition coefficient (Wildman–Crippen LogP) is 2.20. The Balaban J connectivity index is 1.96. The maximum Gasteiger partial charge on any atom is 0.119 e. The fourth-order valence-corrected chi connectivity index (χ4v) is 1.96. The zero-order valence-corrected chi connectivity index (χ0v) is 10.6. The highest BCUT2D eigenvalue weighted by Gasteiger charge is 2.20. The smallest absolute Gasteiger partial charge is 0.119 e. The molecule has 2 rings (SSSR count). The van der Waals surface area contributed by atoms with Crippen LogP contribution in [0.25, 0.3) is 0 Å². The van der Waals surface area contributed by atoms with Gasteiger partial charge in [-0.3, -0.25) is 0 Å². The minimum Gasteiger partial charge on any atom is -0.491 e. The van der Waals surface area contributed by atoms with Gasteiger partial charge in [-0.05, 0) is 17.7 Å². The summed E-state index contributed by atoms with van der Waals surface area (Å²) >= 11 is 0. The molecule has 0 aliphatic carbocycles. The molecule has 0 saturated heterocycles. The van der Waals surface area contributed by atoms with Crippen molar-refractivity contribution in [1.29, 1.82) is 0 Å². The van der Waals surface area contributed by atoms with Crippen LogP contribution in [0.2, 0.25) is 0 Å². The number of aliphatic hydroxyl groups excluding tert-OH is 2. The van der Waals surface area contributed by atoms with Crippen molar-refractivity contribution in [2.75, 3.05) is 13.2 Å². The molecule has 3 heteroatoms. The predicted molar refractivity (Wildman–Crippen MR) is 74.2 cm³/mol. The first-order chi connectivity index (χ1) is 9.31. The lowest BCUT2D eigenvalue weighted by molar-refractivity contribution is 0.0618. The van der Waals surface area contributed by atoms with E-state index in [4.69, 9.17) is 4.74 Å². The number of rotatable bonds is 6. The highest BCUT2D eigenvalue weighted by molar-refractivity contribution is 5.22. The van der Waals surface area contributed by atoms with E-state index in [9.17, 15) is 10.2 Å². The lowest BCUT2D eigenvalue weighted by Crippen LogP contribution is -2.28. The summed E-state index contributed by atoms with van der Waals surface area (Å²) < 4.78 is 5.51. The number of hydrogen-bond acceptors (Lipinski definition) is 3. The SMILES string of the molecule is OCC(c1ccccc1)C(O)COc1ccccc1. The molecule has 0 bridgehead atoms. The zero-order valence-electron chi connectivity index (χ0n) is 10.6. The van der Waals surface area contributed by atoms with Crippen molar-refractivity contribution in [3.63, 3.8) is 0 Å². The van der Waals surface area contributed by atoms with Gasteiger partial charge in [0.1, 0.15) is 12.4 Å². The summed E-state index contributed by atoms with van der Waals surface area (Å²) in [6.45, 7) is 0.0491. The Labute approximate surface area is 113 Å². The lowest BCUT2D eigenvalue weighted by Gasteiger charge is -2.21. The van der Waals surface area contributed by atoms with Crippen LogP contribution in [0.1, 0.15) is 11.5 Å². The normalized spacial score (nSPS) is 13.8. The van der Waals surface area contributed by atoms with E-state index in [2.05, 4.69) is 0 Å². The van der Waals surface area contributed by atoms with Crippen LogP contribution < -0.4 is 4.74 Å². The summed E-state index contributed by atoms with van der Waals surface area (Å²) in [5.41, 5.74) is 0.911. The molecule has 0 saturated carbocycles. The Morgan fingerprint density at radius 1 is 0.895 bits per heavy atom. The van der Waals surface area contributed by atoms with E-state index >= 15 is 0 Å². The van der Waals surface area contributed by atoms with Crippen LogP contribution in [0.5, 0.6) is 5.75 Å². The molecule has 2 N–H and O–H groups in total. The molecule has 0 aliphatic heterocycles. The van der Waals surface area contributed by atoms with Crippen LogP contribution in [0.4, 0.5) is 0 Å². The molecule has 2 atom stereocenters. The van der Waals surface area contributed by atoms with E-state index in [-0.39, 0.29) is 19.1 Å². The summed E-state index contributed by atoms with van der Waals surface area (Å²) in [4.78, 5) is 0. The lowest BCUT2D eigenvalue weighted by atomic mass is 9.95. The molecular formula is C16H18O3. The van der Waals surface area contributed by atoms with Crippen molar-refractivity contribution in [2.24, 2.45) is 0 Å². The molecule has 2 aromatic rings. The monoisotopic (exact) mass is 258 g/mol. The van der Waals surface area contributed by atoms with Gasteiger partial charge in [0.25, 0.3) is 0 Å². The maximum absolute atomic E-state index is 10.1. The average Bonchev–Trinajstić information content (AvgIpc) is 2.48. The Kier molecular flexibility index (Phi) is 4.95. The molecule has 19 heavy (non-hydrogen) atoms. The standard InChI is InChI=1S/C16H18O3/c17-11-15(13-7-3-1-4-8-13)16(18)12-19-14-9-5-2-6-10-14/h1-10,15-18H,11-12H2. The Morgan fingerprint density at radius 3 is 2.05 bits per heavy atom. The van der Waals surface area contributed by atoms with Crippen molar-refractivity contribution in [3.8, 4) is 5.75 Å². The second-order valence-electron chi connectivity index (χ2n) is 4.39. The van der Waals surface area contributed by atoms with Crippen molar-refractivity contribution in [2.45, 2.75) is 12.0 Å². The van der Waals surface area contributed by atoms with Crippen LogP contribution in [-0.4, -0.2) is 29.5 Å². The Morgan fingerprint density at radius 2 is 1.47 bits per heavy atom. The van der Waals surface area contributed by atoms with Crippen LogP contribution in [0, 0.1) is 0 Å². The third kappa shape index (κ3) is 3.81. The molecule has 3 nitrogen and oxygen atoms in total. The molecule has 0 fully saturated rings. The Bertz CT molecular complexity index is 470. The summed E-state index contributed by atoms with van der Waals surface area (Å²) in [5, 5.41) is 19.6. The maximum atomic E-state index is 10.1. The molecule has 2 unspecified atom stereocenters. The molecule has 100 valence electrons. The van der Waals surface area contributed by atoms with Crippen molar-refractivity contribution >= 4 is 0 Å². The van der Waals surface area contributed by atoms with E-state index in [0.717, 1.165) is 5.56 Å². The van der Waals surface area contributed by atoms with Gasteiger partial charge in [0, 0.05) is 5.92 Å². The van der Waals surface area contributed by atoms with Gasteiger partial charge in [-0.1, -0.05) is 48.5 Å². The van der Waals surface area contributed by atoms with Gasteiger partial charge >= 0.3 is 0 Å². The molecule has 0 heterocycles. The van der Waals surface area contributed by atoms with E-state index in [1.54, 1.807) is 0 Å². The van der Waals surface area contributed by atoms with Gasteiger partial charge in [-0.2, -0.15) is 0 Å².